The molecule has 0 atom stereocenters. The molecule has 0 saturated heterocycles. The molecule has 1 aromatic rings. The van der Waals surface area contributed by atoms with E-state index in [9.17, 15) is 21.6 Å². The van der Waals surface area contributed by atoms with Gasteiger partial charge in [-0.05, 0) is 6.92 Å². The van der Waals surface area contributed by atoms with E-state index in [0.29, 0.717) is 5.41 Å². The first-order chi connectivity index (χ1) is 8.65. The van der Waals surface area contributed by atoms with Crippen LogP contribution in [0.4, 0.5) is 13.2 Å². The van der Waals surface area contributed by atoms with Crippen molar-refractivity contribution in [3.05, 3.63) is 47.4 Å². The summed E-state index contributed by atoms with van der Waals surface area (Å²) < 4.78 is 63.9. The predicted octanol–water partition coefficient (Wildman–Crippen LogP) is 2.75. The highest BCUT2D eigenvalue weighted by molar-refractivity contribution is 7.89. The molecule has 0 aliphatic heterocycles. The third-order valence-corrected chi connectivity index (χ3v) is 2.72. The third-order valence-electron chi connectivity index (χ3n) is 2.03. The Hall–Kier alpha value is -1.83. The second-order valence-electron chi connectivity index (χ2n) is 3.54. The van der Waals surface area contributed by atoms with Crippen LogP contribution < -0.4 is 0 Å². The van der Waals surface area contributed by atoms with Crippen molar-refractivity contribution < 1.29 is 25.9 Å². The smallest absolute Gasteiger partial charge is 0.265 e. The highest BCUT2D eigenvalue weighted by Gasteiger charge is 2.38. The summed E-state index contributed by atoms with van der Waals surface area (Å²) in [6.07, 6.45) is -4.84. The summed E-state index contributed by atoms with van der Waals surface area (Å²) >= 11 is 0. The Kier molecular flexibility index (Phi) is 4.35. The molecule has 0 bridgehead atoms. The molecule has 19 heavy (non-hydrogen) atoms. The van der Waals surface area contributed by atoms with Gasteiger partial charge in [-0.1, -0.05) is 41.6 Å². The molecule has 0 aliphatic carbocycles. The van der Waals surface area contributed by atoms with Crippen LogP contribution in [0.5, 0.6) is 0 Å². The molecular weight excluding hydrogens is 283 g/mol. The number of rotatable bonds is 4. The van der Waals surface area contributed by atoms with Gasteiger partial charge in [-0.2, -0.15) is 21.6 Å². The lowest BCUT2D eigenvalue weighted by atomic mass is 10.1. The maximum Gasteiger partial charge on any atom is 0.437 e. The average molecular weight is 293 g/mol. The molecule has 0 unspecified atom stereocenters. The second kappa shape index (κ2) is 5.43. The molecule has 0 spiro atoms. The van der Waals surface area contributed by atoms with Crippen LogP contribution in [0.25, 0.3) is 0 Å². The van der Waals surface area contributed by atoms with Gasteiger partial charge in [0.05, 0.1) is 5.41 Å². The Morgan fingerprint density at radius 1 is 1.32 bits per heavy atom. The molecular formula is C11H10F3NO3S. The summed E-state index contributed by atoms with van der Waals surface area (Å²) in [6, 6.07) is 5.23. The van der Waals surface area contributed by atoms with Crippen molar-refractivity contribution >= 4 is 15.8 Å². The number of oxime groups is 1. The normalized spacial score (nSPS) is 13.2. The second-order valence-corrected chi connectivity index (χ2v) is 5.01. The van der Waals surface area contributed by atoms with Gasteiger partial charge in [0.15, 0.2) is 5.71 Å². The summed E-state index contributed by atoms with van der Waals surface area (Å²) in [4.78, 5) is 0. The van der Waals surface area contributed by atoms with E-state index in [1.807, 2.05) is 0 Å². The van der Waals surface area contributed by atoms with E-state index in [2.05, 4.69) is 16.0 Å². The van der Waals surface area contributed by atoms with Crippen molar-refractivity contribution in [1.29, 1.82) is 0 Å². The fourth-order valence-corrected chi connectivity index (χ4v) is 1.34. The molecule has 4 nitrogen and oxygen atoms in total. The highest BCUT2D eigenvalue weighted by atomic mass is 32.2. The molecule has 1 rings (SSSR count). The molecule has 104 valence electrons. The number of hydrogen-bond donors (Lipinski definition) is 0. The molecule has 1 aromatic carbocycles. The molecule has 0 saturated carbocycles. The van der Waals surface area contributed by atoms with E-state index in [0.717, 1.165) is 5.56 Å². The zero-order chi connectivity index (χ0) is 14.7. The minimum atomic E-state index is -4.84. The van der Waals surface area contributed by atoms with E-state index in [1.54, 1.807) is 6.92 Å². The van der Waals surface area contributed by atoms with Gasteiger partial charge >= 0.3 is 16.3 Å². The van der Waals surface area contributed by atoms with Crippen molar-refractivity contribution in [2.24, 2.45) is 5.16 Å². The van der Waals surface area contributed by atoms with Crippen LogP contribution >= 0.6 is 0 Å². The number of alkyl halides is 3. The average Bonchev–Trinajstić information content (AvgIpc) is 2.30. The topological polar surface area (TPSA) is 55.7 Å². The molecule has 0 radical (unpaired) electrons. The Balaban J connectivity index is 3.20. The summed E-state index contributed by atoms with van der Waals surface area (Å²) in [5.74, 6) is 0. The quantitative estimate of drug-likeness (QED) is 0.633. The summed E-state index contributed by atoms with van der Waals surface area (Å²) in [6.45, 7) is 4.59. The van der Waals surface area contributed by atoms with Crippen LogP contribution in [-0.2, 0) is 14.4 Å². The molecule has 8 heteroatoms. The summed E-state index contributed by atoms with van der Waals surface area (Å²) in [5, 5.41) is 3.03. The van der Waals surface area contributed by atoms with Gasteiger partial charge in [-0.3, -0.25) is 4.28 Å². The summed E-state index contributed by atoms with van der Waals surface area (Å²) in [7, 11) is -4.31. The number of halogens is 3. The summed E-state index contributed by atoms with van der Waals surface area (Å²) in [5.41, 5.74) is -0.972. The Labute approximate surface area is 108 Å². The van der Waals surface area contributed by atoms with Crippen LogP contribution in [0.15, 0.2) is 41.4 Å². The first-order valence-corrected chi connectivity index (χ1v) is 6.41. The zero-order valence-corrected chi connectivity index (χ0v) is 10.6. The van der Waals surface area contributed by atoms with Crippen LogP contribution in [0.3, 0.4) is 0 Å². The van der Waals surface area contributed by atoms with E-state index in [4.69, 9.17) is 0 Å². The number of nitrogens with zero attached hydrogens (tertiary/aromatic N) is 1. The number of hydrogen-bond acceptors (Lipinski definition) is 4. The fourth-order valence-electron chi connectivity index (χ4n) is 1.10. The van der Waals surface area contributed by atoms with Crippen molar-refractivity contribution in [2.75, 3.05) is 0 Å². The lowest BCUT2D eigenvalue weighted by Gasteiger charge is -2.09. The van der Waals surface area contributed by atoms with Gasteiger partial charge < -0.3 is 0 Å². The monoisotopic (exact) mass is 293 g/mol. The van der Waals surface area contributed by atoms with Crippen molar-refractivity contribution in [3.8, 4) is 0 Å². The first kappa shape index (κ1) is 15.2. The highest BCUT2D eigenvalue weighted by Crippen LogP contribution is 2.23. The van der Waals surface area contributed by atoms with Gasteiger partial charge in [0.1, 0.15) is 0 Å². The van der Waals surface area contributed by atoms with Crippen molar-refractivity contribution in [3.63, 3.8) is 0 Å². The fraction of sp³-hybridized carbons (Fsp3) is 0.182. The Morgan fingerprint density at radius 3 is 2.26 bits per heavy atom. The molecule has 0 aliphatic rings. The van der Waals surface area contributed by atoms with Crippen LogP contribution in [0.1, 0.15) is 11.1 Å². The molecule has 0 fully saturated rings. The molecule has 0 heterocycles. The lowest BCUT2D eigenvalue weighted by molar-refractivity contribution is -0.0596. The SMILES string of the molecule is C=CS(=O)(=O)ON=C(c1ccc(C)cc1)C(F)(F)F. The van der Waals surface area contributed by atoms with E-state index < -0.39 is 22.0 Å². The van der Waals surface area contributed by atoms with Gasteiger partial charge in [0, 0.05) is 5.56 Å². The standard InChI is InChI=1S/C11H10F3NO3S/c1-3-19(16,17)18-15-10(11(12,13)14)9-6-4-8(2)5-7-9/h3-7H,1H2,2H3. The minimum absolute atomic E-state index is 0.294. The lowest BCUT2D eigenvalue weighted by Crippen LogP contribution is -2.24. The van der Waals surface area contributed by atoms with E-state index >= 15 is 0 Å². The maximum absolute atomic E-state index is 12.8. The van der Waals surface area contributed by atoms with E-state index in [-0.39, 0.29) is 5.56 Å². The largest absolute Gasteiger partial charge is 0.437 e. The molecule has 0 amide bonds. The number of benzene rings is 1. The third kappa shape index (κ3) is 4.40. The Morgan fingerprint density at radius 2 is 1.84 bits per heavy atom. The van der Waals surface area contributed by atoms with Gasteiger partial charge in [-0.25, -0.2) is 0 Å². The first-order valence-electron chi connectivity index (χ1n) is 4.94. The van der Waals surface area contributed by atoms with Crippen LogP contribution in [-0.4, -0.2) is 20.3 Å². The van der Waals surface area contributed by atoms with Gasteiger partial charge in [-0.15, -0.1) is 0 Å². The van der Waals surface area contributed by atoms with Crippen LogP contribution in [0.2, 0.25) is 0 Å². The van der Waals surface area contributed by atoms with E-state index in [1.165, 1.54) is 24.3 Å². The van der Waals surface area contributed by atoms with Crippen molar-refractivity contribution in [1.82, 2.24) is 0 Å². The van der Waals surface area contributed by atoms with Crippen molar-refractivity contribution in [2.45, 2.75) is 13.1 Å². The minimum Gasteiger partial charge on any atom is -0.265 e. The van der Waals surface area contributed by atoms with Gasteiger partial charge in [0.2, 0.25) is 0 Å². The molecule has 0 aromatic heterocycles. The predicted molar refractivity (Wildman–Crippen MR) is 64.0 cm³/mol. The number of aryl methyl sites for hydroxylation is 1. The van der Waals surface area contributed by atoms with Crippen LogP contribution in [0, 0.1) is 6.92 Å². The maximum atomic E-state index is 12.8. The zero-order valence-electron chi connectivity index (χ0n) is 9.81. The Bertz CT molecular complexity index is 589. The molecule has 0 N–H and O–H groups in total. The van der Waals surface area contributed by atoms with Gasteiger partial charge in [0.25, 0.3) is 0 Å².